The summed E-state index contributed by atoms with van der Waals surface area (Å²) in [6, 6.07) is 14.8. The van der Waals surface area contributed by atoms with E-state index < -0.39 is 17.6 Å². The van der Waals surface area contributed by atoms with Crippen LogP contribution >= 0.6 is 11.3 Å². The summed E-state index contributed by atoms with van der Waals surface area (Å²) in [4.78, 5) is 25.9. The Bertz CT molecular complexity index is 1500. The molecule has 6 nitrogen and oxygen atoms in total. The lowest BCUT2D eigenvalue weighted by Crippen LogP contribution is -2.17. The van der Waals surface area contributed by atoms with Gasteiger partial charge in [0.05, 0.1) is 10.4 Å². The first-order valence-corrected chi connectivity index (χ1v) is 11.7. The van der Waals surface area contributed by atoms with Crippen molar-refractivity contribution < 1.29 is 32.2 Å². The number of benzene rings is 3. The van der Waals surface area contributed by atoms with Gasteiger partial charge in [0.2, 0.25) is 0 Å². The summed E-state index contributed by atoms with van der Waals surface area (Å²) in [5.74, 6) is 0.256. The number of carbonyl (C=O) groups is 2. The van der Waals surface area contributed by atoms with Gasteiger partial charge in [-0.2, -0.15) is 13.2 Å². The van der Waals surface area contributed by atoms with E-state index in [9.17, 15) is 22.8 Å². The van der Waals surface area contributed by atoms with E-state index in [1.807, 2.05) is 0 Å². The number of nitrogens with one attached hydrogen (secondary N) is 2. The van der Waals surface area contributed by atoms with E-state index in [1.54, 1.807) is 43.3 Å². The molecule has 2 heterocycles. The molecule has 0 aliphatic carbocycles. The van der Waals surface area contributed by atoms with Crippen molar-refractivity contribution in [3.63, 3.8) is 0 Å². The first-order chi connectivity index (χ1) is 17.2. The zero-order chi connectivity index (χ0) is 25.4. The van der Waals surface area contributed by atoms with Crippen LogP contribution in [-0.4, -0.2) is 25.0 Å². The Morgan fingerprint density at radius 3 is 2.42 bits per heavy atom. The van der Waals surface area contributed by atoms with Crippen LogP contribution in [0.25, 0.3) is 10.1 Å². The third-order valence-electron chi connectivity index (χ3n) is 5.62. The maximum atomic E-state index is 13.0. The predicted molar refractivity (Wildman–Crippen MR) is 131 cm³/mol. The minimum absolute atomic E-state index is 0.273. The van der Waals surface area contributed by atoms with E-state index in [0.717, 1.165) is 29.0 Å². The van der Waals surface area contributed by atoms with Crippen LogP contribution in [0.3, 0.4) is 0 Å². The molecule has 36 heavy (non-hydrogen) atoms. The van der Waals surface area contributed by atoms with Gasteiger partial charge in [-0.05, 0) is 72.5 Å². The molecular formula is C26H19F3N2O4S. The molecule has 0 radical (unpaired) electrons. The molecule has 0 fully saturated rings. The van der Waals surface area contributed by atoms with Crippen molar-refractivity contribution in [1.82, 2.24) is 0 Å². The minimum Gasteiger partial charge on any atom is -0.486 e. The Labute approximate surface area is 207 Å². The molecule has 2 N–H and O–H groups in total. The quantitative estimate of drug-likeness (QED) is 0.327. The number of fused-ring (bicyclic) bond motifs is 2. The zero-order valence-corrected chi connectivity index (χ0v) is 19.7. The monoisotopic (exact) mass is 512 g/mol. The molecule has 10 heteroatoms. The smallest absolute Gasteiger partial charge is 0.416 e. The standard InChI is InChI=1S/C26H19F3N2O4S/c1-14-2-5-18(30-24(32)15-3-6-20-21(11-15)35-9-8-34-20)13-19(14)31-25(33)23-12-16-10-17(26(27,28)29)4-7-22(16)36-23/h2-7,10-13H,8-9H2,1H3,(H,30,32)(H,31,33). The van der Waals surface area contributed by atoms with Crippen LogP contribution in [0.2, 0.25) is 0 Å². The number of aryl methyl sites for hydroxylation is 1. The average Bonchev–Trinajstić information content (AvgIpc) is 3.29. The molecule has 2 amide bonds. The van der Waals surface area contributed by atoms with Crippen molar-refractivity contribution in [2.24, 2.45) is 0 Å². The molecule has 0 saturated heterocycles. The van der Waals surface area contributed by atoms with E-state index in [0.29, 0.717) is 51.7 Å². The summed E-state index contributed by atoms with van der Waals surface area (Å²) in [6.07, 6.45) is -4.46. The minimum atomic E-state index is -4.46. The summed E-state index contributed by atoms with van der Waals surface area (Å²) in [5, 5.41) is 5.93. The Kier molecular flexibility index (Phi) is 6.05. The highest BCUT2D eigenvalue weighted by Gasteiger charge is 2.30. The summed E-state index contributed by atoms with van der Waals surface area (Å²) < 4.78 is 50.6. The van der Waals surface area contributed by atoms with Gasteiger partial charge in [-0.15, -0.1) is 11.3 Å². The number of hydrogen-bond acceptors (Lipinski definition) is 5. The SMILES string of the molecule is Cc1ccc(NC(=O)c2ccc3c(c2)OCCO3)cc1NC(=O)c1cc2cc(C(F)(F)F)ccc2s1. The van der Waals surface area contributed by atoms with E-state index in [2.05, 4.69) is 10.6 Å². The highest BCUT2D eigenvalue weighted by Crippen LogP contribution is 2.35. The molecule has 5 rings (SSSR count). The van der Waals surface area contributed by atoms with Gasteiger partial charge in [-0.1, -0.05) is 6.07 Å². The molecule has 0 spiro atoms. The molecule has 4 aromatic rings. The lowest BCUT2D eigenvalue weighted by Gasteiger charge is -2.18. The maximum absolute atomic E-state index is 13.0. The van der Waals surface area contributed by atoms with E-state index >= 15 is 0 Å². The molecule has 3 aromatic carbocycles. The number of halogens is 3. The zero-order valence-electron chi connectivity index (χ0n) is 18.9. The van der Waals surface area contributed by atoms with Crippen LogP contribution in [0.4, 0.5) is 24.5 Å². The lowest BCUT2D eigenvalue weighted by molar-refractivity contribution is -0.137. The Morgan fingerprint density at radius 2 is 1.64 bits per heavy atom. The van der Waals surface area contributed by atoms with Gasteiger partial charge in [0.1, 0.15) is 13.2 Å². The molecule has 1 aliphatic heterocycles. The third-order valence-corrected chi connectivity index (χ3v) is 6.73. The summed E-state index contributed by atoms with van der Waals surface area (Å²) >= 11 is 1.10. The fourth-order valence-corrected chi connectivity index (χ4v) is 4.68. The van der Waals surface area contributed by atoms with Crippen molar-refractivity contribution in [2.75, 3.05) is 23.8 Å². The molecule has 0 saturated carbocycles. The lowest BCUT2D eigenvalue weighted by atomic mass is 10.1. The first kappa shape index (κ1) is 23.7. The molecule has 0 atom stereocenters. The number of thiophene rings is 1. The van der Waals surface area contributed by atoms with Gasteiger partial charge in [0.15, 0.2) is 11.5 Å². The van der Waals surface area contributed by atoms with E-state index in [-0.39, 0.29) is 10.8 Å². The van der Waals surface area contributed by atoms with Gasteiger partial charge in [0.25, 0.3) is 11.8 Å². The molecule has 184 valence electrons. The van der Waals surface area contributed by atoms with Crippen molar-refractivity contribution in [1.29, 1.82) is 0 Å². The molecule has 1 aliphatic rings. The topological polar surface area (TPSA) is 76.7 Å². The number of rotatable bonds is 4. The van der Waals surface area contributed by atoms with Crippen LogP contribution in [0, 0.1) is 6.92 Å². The van der Waals surface area contributed by atoms with Crippen molar-refractivity contribution in [3.8, 4) is 11.5 Å². The predicted octanol–water partition coefficient (Wildman–Crippen LogP) is 6.50. The van der Waals surface area contributed by atoms with Crippen LogP contribution in [0.1, 0.15) is 31.2 Å². The van der Waals surface area contributed by atoms with Crippen LogP contribution in [-0.2, 0) is 6.18 Å². The highest BCUT2D eigenvalue weighted by atomic mass is 32.1. The van der Waals surface area contributed by atoms with E-state index in [4.69, 9.17) is 9.47 Å². The summed E-state index contributed by atoms with van der Waals surface area (Å²) in [5.41, 5.74) is 1.29. The fraction of sp³-hybridized carbons (Fsp3) is 0.154. The fourth-order valence-electron chi connectivity index (χ4n) is 3.74. The van der Waals surface area contributed by atoms with Gasteiger partial charge in [-0.25, -0.2) is 0 Å². The van der Waals surface area contributed by atoms with Gasteiger partial charge >= 0.3 is 6.18 Å². The Balaban J connectivity index is 1.32. The molecule has 0 unspecified atom stereocenters. The maximum Gasteiger partial charge on any atom is 0.416 e. The number of anilines is 2. The second-order valence-electron chi connectivity index (χ2n) is 8.16. The molecule has 0 bridgehead atoms. The normalized spacial score (nSPS) is 12.9. The van der Waals surface area contributed by atoms with Crippen molar-refractivity contribution in [3.05, 3.63) is 82.2 Å². The third kappa shape index (κ3) is 4.85. The van der Waals surface area contributed by atoms with Crippen molar-refractivity contribution in [2.45, 2.75) is 13.1 Å². The highest BCUT2D eigenvalue weighted by molar-refractivity contribution is 7.20. The number of amides is 2. The number of carbonyl (C=O) groups excluding carboxylic acids is 2. The van der Waals surface area contributed by atoms with Crippen LogP contribution < -0.4 is 20.1 Å². The second kappa shape index (κ2) is 9.19. The Morgan fingerprint density at radius 1 is 0.861 bits per heavy atom. The first-order valence-electron chi connectivity index (χ1n) is 10.9. The molecular weight excluding hydrogens is 493 g/mol. The van der Waals surface area contributed by atoms with Crippen molar-refractivity contribution >= 4 is 44.6 Å². The number of alkyl halides is 3. The van der Waals surface area contributed by atoms with Gasteiger partial charge < -0.3 is 20.1 Å². The van der Waals surface area contributed by atoms with Gasteiger partial charge in [-0.3, -0.25) is 9.59 Å². The van der Waals surface area contributed by atoms with Crippen LogP contribution in [0.15, 0.2) is 60.7 Å². The largest absolute Gasteiger partial charge is 0.486 e. The molecule has 1 aromatic heterocycles. The number of hydrogen-bond donors (Lipinski definition) is 2. The summed E-state index contributed by atoms with van der Waals surface area (Å²) in [6.45, 7) is 2.65. The van der Waals surface area contributed by atoms with Crippen LogP contribution in [0.5, 0.6) is 11.5 Å². The average molecular weight is 513 g/mol. The Hall–Kier alpha value is -4.05. The number of ether oxygens (including phenoxy) is 2. The summed E-state index contributed by atoms with van der Waals surface area (Å²) in [7, 11) is 0. The van der Waals surface area contributed by atoms with E-state index in [1.165, 1.54) is 12.1 Å². The van der Waals surface area contributed by atoms with Gasteiger partial charge in [0, 0.05) is 21.6 Å². The second-order valence-corrected chi connectivity index (χ2v) is 9.24.